The molecule has 112 heavy (non-hydrogen) atoms. The molecule has 33 heteroatoms. The first-order chi connectivity index (χ1) is 52.6. The molecule has 2 bridgehead atoms. The number of benzene rings is 3. The summed E-state index contributed by atoms with van der Waals surface area (Å²) in [5.41, 5.74) is 1.13. The van der Waals surface area contributed by atoms with Gasteiger partial charge in [0.2, 0.25) is 29.4 Å². The van der Waals surface area contributed by atoms with Crippen molar-refractivity contribution in [1.29, 1.82) is 0 Å². The number of cyclic esters (lactones) is 1. The lowest BCUT2D eigenvalue weighted by Gasteiger charge is -2.42. The van der Waals surface area contributed by atoms with Gasteiger partial charge in [-0.05, 0) is 255 Å². The van der Waals surface area contributed by atoms with Crippen LogP contribution in [0.3, 0.4) is 0 Å². The second kappa shape index (κ2) is 42.4. The summed E-state index contributed by atoms with van der Waals surface area (Å²) in [5, 5.41) is 46.0. The van der Waals surface area contributed by atoms with Gasteiger partial charge in [-0.2, -0.15) is 0 Å². The average Bonchev–Trinajstić information content (AvgIpc) is 0.779. The third-order valence-electron chi connectivity index (χ3n) is 20.2. The molecule has 7 rings (SSSR count). The fourth-order valence-electron chi connectivity index (χ4n) is 14.1. The van der Waals surface area contributed by atoms with E-state index in [1.807, 2.05) is 155 Å². The summed E-state index contributed by atoms with van der Waals surface area (Å²) in [6, 6.07) is 2.21. The van der Waals surface area contributed by atoms with Crippen LogP contribution >= 0.6 is 136 Å². The number of aliphatic hydroxyl groups is 3. The molecule has 1 saturated carbocycles. The highest BCUT2D eigenvalue weighted by molar-refractivity contribution is 14.1. The number of anilines is 4. The van der Waals surface area contributed by atoms with Crippen molar-refractivity contribution in [3.05, 3.63) is 104 Å². The van der Waals surface area contributed by atoms with Crippen molar-refractivity contribution in [2.24, 2.45) is 35.5 Å². The number of Topliss-reactive ketones (excluding diaryl/α,β-unsaturated/α-hetero) is 3. The first-order valence-corrected chi connectivity index (χ1v) is 43.1. The molecule has 0 aromatic heterocycles. The summed E-state index contributed by atoms with van der Waals surface area (Å²) in [5.74, 6) is -15.6. The largest absolute Gasteiger partial charge is 0.460 e. The molecule has 3 aliphatic heterocycles. The molecule has 0 unspecified atom stereocenters. The molecule has 610 valence electrons. The van der Waals surface area contributed by atoms with E-state index in [4.69, 9.17) is 33.2 Å². The van der Waals surface area contributed by atoms with Gasteiger partial charge in [0.05, 0.1) is 79.2 Å². The van der Waals surface area contributed by atoms with Crippen molar-refractivity contribution in [1.82, 2.24) is 4.90 Å². The molecule has 2 saturated heterocycles. The molecule has 27 nitrogen and oxygen atoms in total. The van der Waals surface area contributed by atoms with E-state index in [1.165, 1.54) is 66.2 Å². The lowest BCUT2D eigenvalue weighted by atomic mass is 9.78. The maximum Gasteiger partial charge on any atom is 0.345 e. The number of piperidine rings is 1. The van der Waals surface area contributed by atoms with E-state index in [1.54, 1.807) is 59.8 Å². The molecule has 4 aliphatic rings. The van der Waals surface area contributed by atoms with Crippen molar-refractivity contribution in [3.63, 3.8) is 0 Å². The molecular weight excluding hydrogens is 2130 g/mol. The number of hydrogen-bond acceptors (Lipinski definition) is 22. The molecule has 3 aromatic rings. The fourth-order valence-corrected chi connectivity index (χ4v) is 22.4. The smallest absolute Gasteiger partial charge is 0.345 e. The Bertz CT molecular complexity index is 4060. The number of amides is 5. The van der Waals surface area contributed by atoms with Crippen LogP contribution in [-0.2, 0) is 66.8 Å². The number of fused-ring (bicyclic) bond motifs is 3. The summed E-state index contributed by atoms with van der Waals surface area (Å²) in [6.07, 6.45) is 5.73. The van der Waals surface area contributed by atoms with E-state index in [-0.39, 0.29) is 133 Å². The predicted octanol–water partition coefficient (Wildman–Crippen LogP) is 13.3. The number of aliphatic hydroxyl groups excluding tert-OH is 2. The van der Waals surface area contributed by atoms with Crippen LogP contribution in [0.1, 0.15) is 184 Å². The van der Waals surface area contributed by atoms with Crippen LogP contribution in [0.2, 0.25) is 0 Å². The van der Waals surface area contributed by atoms with Crippen LogP contribution < -0.4 is 30.7 Å². The number of methoxy groups -OCH3 is 2. The van der Waals surface area contributed by atoms with Crippen LogP contribution in [0, 0.1) is 56.9 Å². The van der Waals surface area contributed by atoms with E-state index in [0.717, 1.165) is 4.90 Å². The Labute approximate surface area is 733 Å². The molecular formula is C79H95I6N5O22. The molecule has 5 amide bonds. The van der Waals surface area contributed by atoms with E-state index < -0.39 is 143 Å². The Kier molecular flexibility index (Phi) is 35.7. The number of hydrogen-bond donors (Lipinski definition) is 7. The summed E-state index contributed by atoms with van der Waals surface area (Å²) in [6.45, 7) is 17.0. The summed E-state index contributed by atoms with van der Waals surface area (Å²) >= 11 is 11.3. The number of allylic oxidation sites excluding steroid dienone is 6. The molecule has 1 aliphatic carbocycles. The van der Waals surface area contributed by atoms with Crippen LogP contribution in [-0.4, -0.2) is 166 Å². The fraction of sp³-hybridized carbons (Fsp3) is 0.519. The number of rotatable bonds is 15. The Hall–Kier alpha value is -5.00. The number of halogens is 6. The van der Waals surface area contributed by atoms with Crippen LogP contribution in [0.4, 0.5) is 22.7 Å². The minimum atomic E-state index is -2.60. The number of nitrogens with one attached hydrogen (secondary N) is 4. The van der Waals surface area contributed by atoms with Crippen molar-refractivity contribution in [3.8, 4) is 11.5 Å². The Morgan fingerprint density at radius 3 is 1.68 bits per heavy atom. The summed E-state index contributed by atoms with van der Waals surface area (Å²) < 4.78 is 44.2. The van der Waals surface area contributed by atoms with Gasteiger partial charge in [-0.25, -0.2) is 19.2 Å². The summed E-state index contributed by atoms with van der Waals surface area (Å²) in [4.78, 5) is 168. The Morgan fingerprint density at radius 1 is 0.634 bits per heavy atom. The number of ketones is 3. The van der Waals surface area contributed by atoms with Gasteiger partial charge in [-0.3, -0.25) is 38.4 Å². The molecule has 0 spiro atoms. The van der Waals surface area contributed by atoms with Crippen molar-refractivity contribution in [2.75, 3.05) is 42.0 Å². The molecule has 3 heterocycles. The molecule has 7 N–H and O–H groups in total. The molecule has 3 aromatic carbocycles. The average molecular weight is 2230 g/mol. The van der Waals surface area contributed by atoms with Gasteiger partial charge in [-0.1, -0.05) is 71.1 Å². The molecule has 3 fully saturated rings. The third-order valence-corrected chi connectivity index (χ3v) is 26.7. The first kappa shape index (κ1) is 94.2. The minimum Gasteiger partial charge on any atom is -0.460 e. The van der Waals surface area contributed by atoms with Crippen LogP contribution in [0.15, 0.2) is 65.8 Å². The number of ether oxygens (including phenoxy) is 7. The zero-order chi connectivity index (χ0) is 83.2. The van der Waals surface area contributed by atoms with Crippen molar-refractivity contribution < 1.29 is 106 Å². The van der Waals surface area contributed by atoms with Gasteiger partial charge < -0.3 is 74.6 Å². The second-order valence-electron chi connectivity index (χ2n) is 29.1. The zero-order valence-electron chi connectivity index (χ0n) is 64.3. The minimum absolute atomic E-state index is 0.00660. The van der Waals surface area contributed by atoms with Gasteiger partial charge in [-0.15, -0.1) is 0 Å². The zero-order valence-corrected chi connectivity index (χ0v) is 77.2. The molecule has 15 atom stereocenters. The quantitative estimate of drug-likeness (QED) is 0.0244. The van der Waals surface area contributed by atoms with Gasteiger partial charge in [0.25, 0.3) is 11.7 Å². The van der Waals surface area contributed by atoms with Crippen molar-refractivity contribution >= 4 is 229 Å². The predicted molar refractivity (Wildman–Crippen MR) is 466 cm³/mol. The maximum absolute atomic E-state index is 14.9. The monoisotopic (exact) mass is 2230 g/mol. The van der Waals surface area contributed by atoms with E-state index >= 15 is 0 Å². The normalized spacial score (nSPS) is 28.0. The van der Waals surface area contributed by atoms with Gasteiger partial charge >= 0.3 is 23.9 Å². The highest BCUT2D eigenvalue weighted by Crippen LogP contribution is 2.44. The lowest BCUT2D eigenvalue weighted by molar-refractivity contribution is -0.265. The van der Waals surface area contributed by atoms with Crippen LogP contribution in [0.25, 0.3) is 0 Å². The van der Waals surface area contributed by atoms with Crippen LogP contribution in [0.5, 0.6) is 11.5 Å². The standard InChI is InChI=1S/C79H95I6N5O22/c1-36-19-15-14-16-20-37(2)53(95)34-49-24-22-42(7)79(105,112-49)73(99)74(100)90-26-18-17-21-52(90)76(102)111-56(35-54(96)38(3)28-41(6)71(98)72(107-13)70(97)40(5)27-36)39(4)29-47-23-25-55(57(30-47)106-12)110-75(101)48-31-50(108-77(103)58-60(80)66(86-43(8)91)64(84)67(61(58)81)87-44(9)92)33-51(32-48)109-78(104)59-62(82)68(88-45(10)93)65(85)69(63(59)83)89-46(11)94/h14-16,19-20,28,31-33,36,38-40,42,47,49,52-53,55-57,71-72,95,98,105H,17-18,21-27,29-30,34-35H2,1-13H3,(H,86,91)(H,87,92)(H,88,93)(H,89,94)/b16-14+,19-15+,37-20+,41-28+/t36-,38-,39-,40-,42-,47+,49+,52+,53+,55-,56+,57-,71-,72+,79-/m1/s1. The first-order valence-electron chi connectivity index (χ1n) is 36.6. The lowest BCUT2D eigenvalue weighted by Crippen LogP contribution is -2.61. The van der Waals surface area contributed by atoms with Gasteiger partial charge in [0, 0.05) is 85.1 Å². The maximum atomic E-state index is 14.9. The number of carbonyl (C=O) groups excluding carboxylic acids is 12. The van der Waals surface area contributed by atoms with Crippen molar-refractivity contribution in [2.45, 2.75) is 208 Å². The SMILES string of the molecule is CO[C@@H]1C[C@H](C[C@@H](C)[C@@H]2CC(=O)[C@H](C)/C=C(\C)[C@@H](O)[C@@H](OC)C(=O)[C@H](C)C[C@H](C)/C=C/C=C/C=C(\C)[C@@H](O)C[C@@H]3CC[C@@H](C)[C@@](O)(O3)C(=O)C(=O)N3CCCC[C@H]3C(=O)O2)CC[C@H]1OC(=O)c1cc(OC(=O)c2c(I)c(NC(C)=O)c(I)c(NC(C)=O)c2I)cc(OC(=O)c2c(I)c(NC(C)=O)c(I)c(NC(C)=O)c2I)c1. The Morgan fingerprint density at radius 2 is 1.17 bits per heavy atom. The topological polar surface area (TPSA) is 381 Å². The third kappa shape index (κ3) is 24.1. The van der Waals surface area contributed by atoms with Gasteiger partial charge in [0.1, 0.15) is 47.7 Å². The number of esters is 4. The summed E-state index contributed by atoms with van der Waals surface area (Å²) in [7, 11) is 2.76. The number of nitrogens with zero attached hydrogens (tertiary/aromatic N) is 1. The highest BCUT2D eigenvalue weighted by atomic mass is 127. The van der Waals surface area contributed by atoms with E-state index in [9.17, 15) is 72.9 Å². The molecule has 0 radical (unpaired) electrons. The number of carbonyl (C=O) groups is 12. The van der Waals surface area contributed by atoms with E-state index in [2.05, 4.69) is 21.3 Å². The Balaban J connectivity index is 1.21. The van der Waals surface area contributed by atoms with E-state index in [0.29, 0.717) is 51.2 Å². The van der Waals surface area contributed by atoms with Gasteiger partial charge in [0.15, 0.2) is 5.78 Å². The second-order valence-corrected chi connectivity index (χ2v) is 35.6. The highest BCUT2D eigenvalue weighted by Gasteiger charge is 2.53.